The Bertz CT molecular complexity index is 525. The predicted octanol–water partition coefficient (Wildman–Crippen LogP) is 3.25. The normalized spacial score (nSPS) is 12.5. The number of carboxylic acid groups (broad SMARTS) is 1. The summed E-state index contributed by atoms with van der Waals surface area (Å²) in [5, 5.41) is 11.4. The summed E-state index contributed by atoms with van der Waals surface area (Å²) in [6, 6.07) is 0. The van der Waals surface area contributed by atoms with Crippen molar-refractivity contribution in [1.29, 1.82) is 0 Å². The average Bonchev–Trinajstić information content (AvgIpc) is 2.47. The number of rotatable bonds is 13. The highest BCUT2D eigenvalue weighted by Gasteiger charge is 2.37. The molecule has 0 saturated heterocycles. The van der Waals surface area contributed by atoms with Gasteiger partial charge in [-0.2, -0.15) is 0 Å². The fourth-order valence-corrected chi connectivity index (χ4v) is 5.17. The highest BCUT2D eigenvalue weighted by Crippen LogP contribution is 2.43. The van der Waals surface area contributed by atoms with E-state index in [1.165, 1.54) is 0 Å². The van der Waals surface area contributed by atoms with Gasteiger partial charge in [-0.15, -0.1) is 11.8 Å². The van der Waals surface area contributed by atoms with Gasteiger partial charge in [0.15, 0.2) is 0 Å². The minimum atomic E-state index is -1.03. The van der Waals surface area contributed by atoms with Crippen molar-refractivity contribution in [2.45, 2.75) is 77.2 Å². The first-order chi connectivity index (χ1) is 12.6. The molecule has 8 heteroatoms. The van der Waals surface area contributed by atoms with Crippen LogP contribution in [-0.2, 0) is 23.9 Å². The lowest BCUT2D eigenvalue weighted by molar-refractivity contribution is -0.148. The molecule has 0 aromatic rings. The molecule has 0 rings (SSSR count). The molecule has 0 spiro atoms. The number of hydrogen-bond acceptors (Lipinski definition) is 6. The summed E-state index contributed by atoms with van der Waals surface area (Å²) in [6.07, 6.45) is 0.359. The monoisotopic (exact) mass is 419 g/mol. The van der Waals surface area contributed by atoms with E-state index < -0.39 is 17.4 Å². The van der Waals surface area contributed by atoms with E-state index in [-0.39, 0.29) is 41.5 Å². The molecule has 0 aromatic carbocycles. The van der Waals surface area contributed by atoms with Crippen LogP contribution >= 0.6 is 11.8 Å². The lowest BCUT2D eigenvalue weighted by Gasteiger charge is -2.37. The number of carbonyl (C=O) groups is 3. The van der Waals surface area contributed by atoms with Crippen LogP contribution in [0.25, 0.3) is 0 Å². The summed E-state index contributed by atoms with van der Waals surface area (Å²) >= 11 is 1.87. The highest BCUT2D eigenvalue weighted by molar-refractivity contribution is 8.01. The number of carbonyl (C=O) groups excluding carboxylic acids is 2. The van der Waals surface area contributed by atoms with Crippen molar-refractivity contribution in [2.75, 3.05) is 26.4 Å². The number of amides is 1. The third kappa shape index (κ3) is 13.8. The van der Waals surface area contributed by atoms with E-state index in [2.05, 4.69) is 39.9 Å². The van der Waals surface area contributed by atoms with E-state index in [0.29, 0.717) is 13.2 Å². The van der Waals surface area contributed by atoms with Gasteiger partial charge >= 0.3 is 11.9 Å². The van der Waals surface area contributed by atoms with Gasteiger partial charge in [0.25, 0.3) is 0 Å². The van der Waals surface area contributed by atoms with Crippen LogP contribution in [-0.4, -0.2) is 58.8 Å². The molecule has 0 fully saturated rings. The number of hydrogen-bond donors (Lipinski definition) is 2. The van der Waals surface area contributed by atoms with Gasteiger partial charge in [-0.1, -0.05) is 48.5 Å². The molecule has 1 amide bonds. The Morgan fingerprint density at radius 3 is 2.07 bits per heavy atom. The second-order valence-electron chi connectivity index (χ2n) is 9.02. The number of esters is 1. The second-order valence-corrected chi connectivity index (χ2v) is 11.6. The third-order valence-electron chi connectivity index (χ3n) is 3.63. The lowest BCUT2D eigenvalue weighted by Crippen LogP contribution is -2.42. The molecular weight excluding hydrogens is 382 g/mol. The van der Waals surface area contributed by atoms with E-state index in [1.54, 1.807) is 0 Å². The summed E-state index contributed by atoms with van der Waals surface area (Å²) in [6.45, 7) is 15.7. The predicted molar refractivity (Wildman–Crippen MR) is 111 cm³/mol. The lowest BCUT2D eigenvalue weighted by atomic mass is 9.82. The maximum absolute atomic E-state index is 12.5. The zero-order chi connectivity index (χ0) is 22.0. The van der Waals surface area contributed by atoms with Crippen LogP contribution in [0.5, 0.6) is 0 Å². The SMILES string of the molecule is CC(C)(C)SC(C)(C)CC(C)(C)C(=O)NCCOCCOC(=O)CCC(=O)O. The Hall–Kier alpha value is -1.28. The van der Waals surface area contributed by atoms with Gasteiger partial charge in [0.2, 0.25) is 5.91 Å². The number of nitrogens with one attached hydrogen (secondary N) is 1. The Morgan fingerprint density at radius 1 is 0.929 bits per heavy atom. The van der Waals surface area contributed by atoms with Crippen LogP contribution in [0.4, 0.5) is 0 Å². The highest BCUT2D eigenvalue weighted by atomic mass is 32.2. The van der Waals surface area contributed by atoms with Crippen LogP contribution in [0.15, 0.2) is 0 Å². The van der Waals surface area contributed by atoms with Gasteiger partial charge in [-0.3, -0.25) is 14.4 Å². The van der Waals surface area contributed by atoms with Crippen molar-refractivity contribution >= 4 is 29.6 Å². The van der Waals surface area contributed by atoms with E-state index >= 15 is 0 Å². The van der Waals surface area contributed by atoms with Gasteiger partial charge < -0.3 is 19.9 Å². The zero-order valence-corrected chi connectivity index (χ0v) is 19.2. The Kier molecular flexibility index (Phi) is 11.1. The molecule has 0 atom stereocenters. The summed E-state index contributed by atoms with van der Waals surface area (Å²) in [7, 11) is 0. The summed E-state index contributed by atoms with van der Waals surface area (Å²) < 4.78 is 10.3. The van der Waals surface area contributed by atoms with E-state index in [4.69, 9.17) is 14.6 Å². The Morgan fingerprint density at radius 2 is 1.54 bits per heavy atom. The molecule has 0 aliphatic carbocycles. The Balaban J connectivity index is 4.04. The molecule has 0 saturated carbocycles. The van der Waals surface area contributed by atoms with Gasteiger partial charge in [0.1, 0.15) is 6.61 Å². The first-order valence-corrected chi connectivity index (χ1v) is 10.4. The van der Waals surface area contributed by atoms with Gasteiger partial charge in [-0.25, -0.2) is 0 Å². The summed E-state index contributed by atoms with van der Waals surface area (Å²) in [5.41, 5.74) is -0.499. The molecule has 0 aliphatic rings. The summed E-state index contributed by atoms with van der Waals surface area (Å²) in [5.74, 6) is -1.61. The van der Waals surface area contributed by atoms with E-state index in [9.17, 15) is 14.4 Å². The van der Waals surface area contributed by atoms with Crippen molar-refractivity contribution in [1.82, 2.24) is 5.32 Å². The smallest absolute Gasteiger partial charge is 0.306 e. The van der Waals surface area contributed by atoms with Gasteiger partial charge in [0, 0.05) is 21.5 Å². The summed E-state index contributed by atoms with van der Waals surface area (Å²) in [4.78, 5) is 34.1. The first kappa shape index (κ1) is 26.7. The third-order valence-corrected chi connectivity index (χ3v) is 4.94. The minimum Gasteiger partial charge on any atom is -0.481 e. The standard InChI is InChI=1S/C20H37NO6S/c1-18(2,3)28-20(6,7)14-19(4,5)17(25)21-10-11-26-12-13-27-16(24)9-8-15(22)23/h8-14H2,1-7H3,(H,21,25)(H,22,23). The molecule has 0 heterocycles. The van der Waals surface area contributed by atoms with Crippen molar-refractivity contribution in [3.8, 4) is 0 Å². The molecule has 0 aromatic heterocycles. The topological polar surface area (TPSA) is 102 Å². The molecule has 7 nitrogen and oxygen atoms in total. The number of ether oxygens (including phenoxy) is 2. The maximum atomic E-state index is 12.5. The van der Waals surface area contributed by atoms with Gasteiger partial charge in [-0.05, 0) is 6.42 Å². The number of aliphatic carboxylic acids is 1. The zero-order valence-electron chi connectivity index (χ0n) is 18.3. The van der Waals surface area contributed by atoms with Crippen LogP contribution in [0.3, 0.4) is 0 Å². The fraction of sp³-hybridized carbons (Fsp3) is 0.850. The molecule has 2 N–H and O–H groups in total. The number of carboxylic acids is 1. The van der Waals surface area contributed by atoms with Crippen LogP contribution in [0.1, 0.15) is 67.7 Å². The van der Waals surface area contributed by atoms with Crippen molar-refractivity contribution < 1.29 is 29.0 Å². The molecular formula is C20H37NO6S. The van der Waals surface area contributed by atoms with Gasteiger partial charge in [0.05, 0.1) is 26.1 Å². The van der Waals surface area contributed by atoms with Crippen molar-refractivity contribution in [2.24, 2.45) is 5.41 Å². The first-order valence-electron chi connectivity index (χ1n) is 9.58. The quantitative estimate of drug-likeness (QED) is 0.349. The van der Waals surface area contributed by atoms with Crippen LogP contribution in [0.2, 0.25) is 0 Å². The molecule has 0 aliphatic heterocycles. The fourth-order valence-electron chi connectivity index (χ4n) is 3.08. The van der Waals surface area contributed by atoms with Crippen LogP contribution in [0, 0.1) is 5.41 Å². The van der Waals surface area contributed by atoms with Crippen molar-refractivity contribution in [3.05, 3.63) is 0 Å². The largest absolute Gasteiger partial charge is 0.481 e. The Labute approximate surface area is 173 Å². The molecule has 28 heavy (non-hydrogen) atoms. The second kappa shape index (κ2) is 11.7. The van der Waals surface area contributed by atoms with E-state index in [0.717, 1.165) is 6.42 Å². The number of thioether (sulfide) groups is 1. The molecule has 164 valence electrons. The molecule has 0 unspecified atom stereocenters. The van der Waals surface area contributed by atoms with Crippen molar-refractivity contribution in [3.63, 3.8) is 0 Å². The van der Waals surface area contributed by atoms with Crippen LogP contribution < -0.4 is 5.32 Å². The minimum absolute atomic E-state index is 0.0150. The maximum Gasteiger partial charge on any atom is 0.306 e. The average molecular weight is 420 g/mol. The molecule has 0 bridgehead atoms. The molecule has 0 radical (unpaired) electrons. The van der Waals surface area contributed by atoms with E-state index in [1.807, 2.05) is 25.6 Å².